The molecule has 8 heteroatoms. The molecule has 0 aromatic heterocycles. The van der Waals surface area contributed by atoms with E-state index in [2.05, 4.69) is 4.74 Å². The van der Waals surface area contributed by atoms with Gasteiger partial charge in [-0.05, 0) is 40.7 Å². The van der Waals surface area contributed by atoms with E-state index in [1.165, 1.54) is 20.3 Å². The summed E-state index contributed by atoms with van der Waals surface area (Å²) in [5.74, 6) is -0.685. The molecule has 0 aromatic rings. The van der Waals surface area contributed by atoms with Crippen molar-refractivity contribution in [1.82, 2.24) is 4.90 Å². The number of hydrogen-bond acceptors (Lipinski definition) is 7. The lowest BCUT2D eigenvalue weighted by atomic mass is 9.94. The third-order valence-electron chi connectivity index (χ3n) is 4.24. The van der Waals surface area contributed by atoms with Crippen LogP contribution in [0.15, 0.2) is 12.2 Å². The highest BCUT2D eigenvalue weighted by atomic mass is 16.7. The minimum atomic E-state index is -0.820. The SMILES string of the molecule is COCO[C@H](/C=C/C(=O)OC)[C@H](C)[C@@H]1COC(C)(C)N1C(=O)OC(C)(C)C. The lowest BCUT2D eigenvalue weighted by molar-refractivity contribution is -0.135. The van der Waals surface area contributed by atoms with Crippen LogP contribution < -0.4 is 0 Å². The Morgan fingerprint density at radius 3 is 2.44 bits per heavy atom. The Morgan fingerprint density at radius 2 is 1.93 bits per heavy atom. The van der Waals surface area contributed by atoms with Gasteiger partial charge < -0.3 is 23.7 Å². The maximum atomic E-state index is 12.8. The molecule has 1 aliphatic heterocycles. The Labute approximate surface area is 161 Å². The minimum absolute atomic E-state index is 0.0456. The summed E-state index contributed by atoms with van der Waals surface area (Å²) in [5.41, 5.74) is -1.45. The van der Waals surface area contributed by atoms with Crippen molar-refractivity contribution in [3.63, 3.8) is 0 Å². The predicted molar refractivity (Wildman–Crippen MR) is 99.0 cm³/mol. The van der Waals surface area contributed by atoms with Crippen molar-refractivity contribution in [3.05, 3.63) is 12.2 Å². The van der Waals surface area contributed by atoms with Crippen LogP contribution in [0.3, 0.4) is 0 Å². The van der Waals surface area contributed by atoms with Crippen molar-refractivity contribution in [2.45, 2.75) is 65.0 Å². The molecule has 0 N–H and O–H groups in total. The van der Waals surface area contributed by atoms with Crippen LogP contribution in [0.4, 0.5) is 4.79 Å². The Balaban J connectivity index is 3.06. The van der Waals surface area contributed by atoms with E-state index in [0.29, 0.717) is 6.61 Å². The van der Waals surface area contributed by atoms with Crippen LogP contribution in [-0.2, 0) is 28.5 Å². The second-order valence-electron chi connectivity index (χ2n) is 7.95. The normalized spacial score (nSPS) is 21.9. The summed E-state index contributed by atoms with van der Waals surface area (Å²) in [4.78, 5) is 25.9. The summed E-state index contributed by atoms with van der Waals surface area (Å²) in [7, 11) is 2.82. The van der Waals surface area contributed by atoms with Gasteiger partial charge in [0.15, 0.2) is 0 Å². The van der Waals surface area contributed by atoms with Gasteiger partial charge in [-0.15, -0.1) is 0 Å². The first kappa shape index (κ1) is 23.4. The van der Waals surface area contributed by atoms with Gasteiger partial charge in [-0.25, -0.2) is 9.59 Å². The van der Waals surface area contributed by atoms with Crippen LogP contribution in [-0.4, -0.2) is 68.1 Å². The van der Waals surface area contributed by atoms with Gasteiger partial charge in [0.25, 0.3) is 0 Å². The van der Waals surface area contributed by atoms with Crippen LogP contribution >= 0.6 is 0 Å². The molecule has 3 atom stereocenters. The van der Waals surface area contributed by atoms with Gasteiger partial charge in [-0.1, -0.05) is 6.92 Å². The highest BCUT2D eigenvalue weighted by molar-refractivity contribution is 5.81. The lowest BCUT2D eigenvalue weighted by Gasteiger charge is -2.38. The molecule has 0 bridgehead atoms. The fraction of sp³-hybridized carbons (Fsp3) is 0.789. The fourth-order valence-corrected chi connectivity index (χ4v) is 2.88. The fourth-order valence-electron chi connectivity index (χ4n) is 2.88. The van der Waals surface area contributed by atoms with Gasteiger partial charge in [0.1, 0.15) is 18.1 Å². The smallest absolute Gasteiger partial charge is 0.412 e. The maximum absolute atomic E-state index is 12.8. The zero-order valence-corrected chi connectivity index (χ0v) is 17.6. The lowest BCUT2D eigenvalue weighted by Crippen LogP contribution is -2.53. The number of carbonyl (C=O) groups is 2. The van der Waals surface area contributed by atoms with Crippen molar-refractivity contribution >= 4 is 12.1 Å². The van der Waals surface area contributed by atoms with Gasteiger partial charge in [0, 0.05) is 19.1 Å². The average Bonchev–Trinajstić information content (AvgIpc) is 2.87. The molecule has 1 aliphatic rings. The number of nitrogens with zero attached hydrogens (tertiary/aromatic N) is 1. The number of esters is 1. The van der Waals surface area contributed by atoms with E-state index in [-0.39, 0.29) is 18.8 Å². The molecule has 1 saturated heterocycles. The molecule has 0 unspecified atom stereocenters. The molecule has 0 aromatic carbocycles. The Hall–Kier alpha value is -1.64. The van der Waals surface area contributed by atoms with Crippen LogP contribution in [0, 0.1) is 5.92 Å². The second-order valence-corrected chi connectivity index (χ2v) is 7.95. The Kier molecular flexibility index (Phi) is 8.25. The average molecular weight is 387 g/mol. The van der Waals surface area contributed by atoms with Crippen LogP contribution in [0.2, 0.25) is 0 Å². The van der Waals surface area contributed by atoms with Crippen molar-refractivity contribution < 1.29 is 33.3 Å². The molecule has 1 fully saturated rings. The number of carbonyl (C=O) groups excluding carboxylic acids is 2. The van der Waals surface area contributed by atoms with Gasteiger partial charge >= 0.3 is 12.1 Å². The van der Waals surface area contributed by atoms with E-state index in [0.717, 1.165) is 0 Å². The number of amides is 1. The summed E-state index contributed by atoms with van der Waals surface area (Å²) < 4.78 is 26.7. The van der Waals surface area contributed by atoms with Crippen LogP contribution in [0.1, 0.15) is 41.5 Å². The van der Waals surface area contributed by atoms with Gasteiger partial charge in [0.2, 0.25) is 0 Å². The van der Waals surface area contributed by atoms with Crippen molar-refractivity contribution in [3.8, 4) is 0 Å². The number of ether oxygens (including phenoxy) is 5. The monoisotopic (exact) mass is 387 g/mol. The molecule has 1 amide bonds. The standard InChI is InChI=1S/C19H33NO7/c1-13(15(25-12-23-7)9-10-16(21)24-8)14-11-26-19(5,6)20(14)17(22)27-18(2,3)4/h9-10,13-15H,11-12H2,1-8H3/b10-9+/t13-,14+,15-/m1/s1. The molecule has 156 valence electrons. The first-order chi connectivity index (χ1) is 12.4. The number of rotatable bonds is 7. The molecule has 0 radical (unpaired) electrons. The first-order valence-corrected chi connectivity index (χ1v) is 8.96. The van der Waals surface area contributed by atoms with Crippen LogP contribution in [0.5, 0.6) is 0 Å². The van der Waals surface area contributed by atoms with Crippen molar-refractivity contribution in [2.75, 3.05) is 27.6 Å². The molecular formula is C19H33NO7. The number of methoxy groups -OCH3 is 2. The summed E-state index contributed by atoms with van der Waals surface area (Å²) in [6, 6.07) is -0.306. The molecule has 0 spiro atoms. The summed E-state index contributed by atoms with van der Waals surface area (Å²) >= 11 is 0. The Morgan fingerprint density at radius 1 is 1.30 bits per heavy atom. The molecule has 0 aliphatic carbocycles. The quantitative estimate of drug-likeness (QED) is 0.377. The summed E-state index contributed by atoms with van der Waals surface area (Å²) in [6.45, 7) is 11.4. The summed E-state index contributed by atoms with van der Waals surface area (Å²) in [5, 5.41) is 0. The zero-order valence-electron chi connectivity index (χ0n) is 17.6. The highest BCUT2D eigenvalue weighted by Crippen LogP contribution is 2.34. The minimum Gasteiger partial charge on any atom is -0.466 e. The molecule has 27 heavy (non-hydrogen) atoms. The highest BCUT2D eigenvalue weighted by Gasteiger charge is 2.48. The van der Waals surface area contributed by atoms with E-state index in [1.807, 2.05) is 41.5 Å². The number of hydrogen-bond donors (Lipinski definition) is 0. The first-order valence-electron chi connectivity index (χ1n) is 8.96. The van der Waals surface area contributed by atoms with E-state index in [4.69, 9.17) is 18.9 Å². The van der Waals surface area contributed by atoms with Gasteiger partial charge in [-0.2, -0.15) is 0 Å². The van der Waals surface area contributed by atoms with E-state index >= 15 is 0 Å². The van der Waals surface area contributed by atoms with E-state index in [1.54, 1.807) is 11.0 Å². The molecule has 0 saturated carbocycles. The summed E-state index contributed by atoms with van der Waals surface area (Å²) in [6.07, 6.45) is 1.96. The second kappa shape index (κ2) is 9.52. The topological polar surface area (TPSA) is 83.5 Å². The third kappa shape index (κ3) is 6.79. The maximum Gasteiger partial charge on any atom is 0.412 e. The molecular weight excluding hydrogens is 354 g/mol. The molecule has 1 heterocycles. The largest absolute Gasteiger partial charge is 0.466 e. The Bertz CT molecular complexity index is 539. The third-order valence-corrected chi connectivity index (χ3v) is 4.24. The molecule has 8 nitrogen and oxygen atoms in total. The van der Waals surface area contributed by atoms with Crippen LogP contribution in [0.25, 0.3) is 0 Å². The van der Waals surface area contributed by atoms with Gasteiger partial charge in [0.05, 0.1) is 25.9 Å². The van der Waals surface area contributed by atoms with Crippen molar-refractivity contribution in [1.29, 1.82) is 0 Å². The van der Waals surface area contributed by atoms with E-state index in [9.17, 15) is 9.59 Å². The van der Waals surface area contributed by atoms with E-state index < -0.39 is 29.5 Å². The molecule has 1 rings (SSSR count). The predicted octanol–water partition coefficient (Wildman–Crippen LogP) is 2.71. The van der Waals surface area contributed by atoms with Crippen molar-refractivity contribution in [2.24, 2.45) is 5.92 Å². The zero-order chi connectivity index (χ0) is 20.8. The van der Waals surface area contributed by atoms with Gasteiger partial charge in [-0.3, -0.25) is 4.90 Å².